The predicted octanol–water partition coefficient (Wildman–Crippen LogP) is 1.09. The summed E-state index contributed by atoms with van der Waals surface area (Å²) in [5, 5.41) is 1.49. The lowest BCUT2D eigenvalue weighted by molar-refractivity contribution is 0.0436. The smallest absolute Gasteiger partial charge is 0.145 e. The number of nitrogen functional groups attached to an aromatic ring is 1. The monoisotopic (exact) mass is 331 g/mol. The summed E-state index contributed by atoms with van der Waals surface area (Å²) < 4.78 is 13.7. The Morgan fingerprint density at radius 2 is 2.22 bits per heavy atom. The van der Waals surface area contributed by atoms with Crippen LogP contribution in [0.15, 0.2) is 12.5 Å². The molecule has 3 fully saturated rings. The van der Waals surface area contributed by atoms with Gasteiger partial charge in [-0.1, -0.05) is 0 Å². The van der Waals surface area contributed by atoms with Crippen LogP contribution in [0.2, 0.25) is 0 Å². The van der Waals surface area contributed by atoms with E-state index in [0.29, 0.717) is 23.2 Å². The minimum Gasteiger partial charge on any atom is -0.383 e. The van der Waals surface area contributed by atoms with E-state index in [-0.39, 0.29) is 0 Å². The number of anilines is 1. The molecular weight excluding hydrogens is 310 g/mol. The molecule has 122 valence electrons. The number of likely N-dealkylation sites (tertiary alicyclic amines) is 1. The van der Waals surface area contributed by atoms with Gasteiger partial charge in [-0.05, 0) is 31.2 Å². The third kappa shape index (κ3) is 1.92. The lowest BCUT2D eigenvalue weighted by atomic mass is 9.78. The number of aryl methyl sites for hydroxylation is 1. The van der Waals surface area contributed by atoms with Crippen LogP contribution in [0.25, 0.3) is 11.0 Å². The van der Waals surface area contributed by atoms with Crippen LogP contribution in [0.4, 0.5) is 5.82 Å². The van der Waals surface area contributed by atoms with Crippen molar-refractivity contribution in [1.29, 1.82) is 0 Å². The summed E-state index contributed by atoms with van der Waals surface area (Å²) in [6, 6.07) is 1.15. The first kappa shape index (κ1) is 13.9. The maximum absolute atomic E-state index is 11.5. The summed E-state index contributed by atoms with van der Waals surface area (Å²) >= 11 is 0. The molecule has 4 heterocycles. The van der Waals surface area contributed by atoms with Crippen LogP contribution in [-0.4, -0.2) is 53.8 Å². The van der Waals surface area contributed by atoms with Gasteiger partial charge < -0.3 is 10.3 Å². The van der Waals surface area contributed by atoms with E-state index in [9.17, 15) is 4.21 Å². The van der Waals surface area contributed by atoms with E-state index in [2.05, 4.69) is 32.6 Å². The van der Waals surface area contributed by atoms with Crippen molar-refractivity contribution in [3.63, 3.8) is 0 Å². The fraction of sp³-hybridized carbons (Fsp3) is 0.625. The Kier molecular flexibility index (Phi) is 2.89. The highest BCUT2D eigenvalue weighted by Crippen LogP contribution is 2.43. The zero-order chi connectivity index (χ0) is 15.7. The number of aromatic nitrogens is 3. The summed E-state index contributed by atoms with van der Waals surface area (Å²) in [5.41, 5.74) is 8.12. The van der Waals surface area contributed by atoms with Crippen molar-refractivity contribution in [2.75, 3.05) is 24.6 Å². The molecule has 2 aliphatic heterocycles. The van der Waals surface area contributed by atoms with Crippen molar-refractivity contribution in [3.05, 3.63) is 18.1 Å². The van der Waals surface area contributed by atoms with Crippen molar-refractivity contribution < 1.29 is 4.21 Å². The number of nitrogens with two attached hydrogens (primary N) is 1. The minimum absolute atomic E-state index is 0.488. The predicted molar refractivity (Wildman–Crippen MR) is 90.6 cm³/mol. The molecule has 0 aromatic carbocycles. The molecule has 0 spiro atoms. The molecule has 0 radical (unpaired) electrons. The Balaban J connectivity index is 1.27. The second-order valence-electron chi connectivity index (χ2n) is 7.28. The van der Waals surface area contributed by atoms with Gasteiger partial charge in [0.05, 0.1) is 10.6 Å². The largest absolute Gasteiger partial charge is 0.383 e. The van der Waals surface area contributed by atoms with E-state index < -0.39 is 10.8 Å². The second kappa shape index (κ2) is 4.77. The summed E-state index contributed by atoms with van der Waals surface area (Å²) in [6.07, 6.45) is 6.13. The molecule has 2 N–H and O–H groups in total. The van der Waals surface area contributed by atoms with Crippen molar-refractivity contribution >= 4 is 27.7 Å². The molecule has 5 rings (SSSR count). The van der Waals surface area contributed by atoms with Gasteiger partial charge in [0.2, 0.25) is 0 Å². The fourth-order valence-electron chi connectivity index (χ4n) is 4.42. The van der Waals surface area contributed by atoms with E-state index in [1.807, 2.05) is 0 Å². The van der Waals surface area contributed by atoms with E-state index in [4.69, 9.17) is 5.73 Å². The van der Waals surface area contributed by atoms with Gasteiger partial charge in [-0.2, -0.15) is 0 Å². The minimum atomic E-state index is -0.523. The number of hydrogen-bond acceptors (Lipinski definition) is 5. The number of fused-ring (bicyclic) bond motifs is 2. The number of hydrogen-bond donors (Lipinski definition) is 1. The van der Waals surface area contributed by atoms with E-state index in [1.165, 1.54) is 19.4 Å². The molecule has 2 saturated heterocycles. The molecule has 23 heavy (non-hydrogen) atoms. The van der Waals surface area contributed by atoms with Gasteiger partial charge in [0.25, 0.3) is 0 Å². The zero-order valence-electron chi connectivity index (χ0n) is 13.2. The first-order chi connectivity index (χ1) is 11.1. The normalized spacial score (nSPS) is 36.1. The molecule has 1 saturated carbocycles. The SMILES string of the molecule is Cc1cn(C2CC(CN3CC4C3CS4=O)C2)c2ncnc(N)c12. The van der Waals surface area contributed by atoms with E-state index >= 15 is 0 Å². The first-order valence-electron chi connectivity index (χ1n) is 8.30. The van der Waals surface area contributed by atoms with E-state index in [0.717, 1.165) is 34.8 Å². The van der Waals surface area contributed by atoms with Gasteiger partial charge in [-0.15, -0.1) is 0 Å². The number of nitrogens with zero attached hydrogens (tertiary/aromatic N) is 4. The Labute approximate surface area is 137 Å². The fourth-order valence-corrected chi connectivity index (χ4v) is 6.07. The Morgan fingerprint density at radius 1 is 1.39 bits per heavy atom. The van der Waals surface area contributed by atoms with Gasteiger partial charge in [-0.25, -0.2) is 9.97 Å². The molecule has 0 bridgehead atoms. The van der Waals surface area contributed by atoms with Gasteiger partial charge in [-0.3, -0.25) is 9.11 Å². The van der Waals surface area contributed by atoms with Crippen LogP contribution in [0.1, 0.15) is 24.4 Å². The maximum atomic E-state index is 11.5. The zero-order valence-corrected chi connectivity index (χ0v) is 14.0. The summed E-state index contributed by atoms with van der Waals surface area (Å²) in [7, 11) is -0.523. The average molecular weight is 331 g/mol. The molecule has 7 heteroatoms. The molecule has 3 unspecified atom stereocenters. The van der Waals surface area contributed by atoms with Gasteiger partial charge in [0.15, 0.2) is 0 Å². The highest BCUT2D eigenvalue weighted by molar-refractivity contribution is 7.87. The third-order valence-corrected chi connectivity index (χ3v) is 7.72. The molecule has 2 aromatic heterocycles. The topological polar surface area (TPSA) is 77.0 Å². The molecule has 1 aliphatic carbocycles. The molecule has 0 amide bonds. The van der Waals surface area contributed by atoms with E-state index in [1.54, 1.807) is 6.33 Å². The maximum Gasteiger partial charge on any atom is 0.145 e. The Morgan fingerprint density at radius 3 is 2.91 bits per heavy atom. The standard InChI is InChI=1S/C16H21N5OS/c1-9-4-21(16-14(9)15(17)18-8-19-16)11-2-10(3-11)5-20-6-13-12(20)7-23(13)22/h4,8,10-13H,2-3,5-7H2,1H3,(H2,17,18,19). The summed E-state index contributed by atoms with van der Waals surface area (Å²) in [5.74, 6) is 2.23. The molecule has 2 aromatic rings. The van der Waals surface area contributed by atoms with Crippen LogP contribution >= 0.6 is 0 Å². The van der Waals surface area contributed by atoms with Crippen molar-refractivity contribution in [2.45, 2.75) is 37.1 Å². The first-order valence-corrected chi connectivity index (χ1v) is 9.69. The van der Waals surface area contributed by atoms with Crippen LogP contribution in [-0.2, 0) is 10.8 Å². The highest BCUT2D eigenvalue weighted by Gasteiger charge is 2.52. The number of rotatable bonds is 3. The van der Waals surface area contributed by atoms with Gasteiger partial charge in [0, 0.05) is 47.9 Å². The van der Waals surface area contributed by atoms with Crippen LogP contribution in [0.3, 0.4) is 0 Å². The Hall–Kier alpha value is -1.47. The van der Waals surface area contributed by atoms with Crippen LogP contribution in [0, 0.1) is 12.8 Å². The Bertz CT molecular complexity index is 812. The van der Waals surface area contributed by atoms with Crippen molar-refractivity contribution in [3.8, 4) is 0 Å². The summed E-state index contributed by atoms with van der Waals surface area (Å²) in [4.78, 5) is 11.1. The lowest BCUT2D eigenvalue weighted by Gasteiger charge is -2.56. The molecule has 3 atom stereocenters. The second-order valence-corrected chi connectivity index (χ2v) is 8.98. The highest BCUT2D eigenvalue weighted by atomic mass is 32.2. The summed E-state index contributed by atoms with van der Waals surface area (Å²) in [6.45, 7) is 4.30. The quantitative estimate of drug-likeness (QED) is 0.911. The molecule has 6 nitrogen and oxygen atoms in total. The third-order valence-electron chi connectivity index (χ3n) is 5.91. The van der Waals surface area contributed by atoms with Crippen molar-refractivity contribution in [1.82, 2.24) is 19.4 Å². The lowest BCUT2D eigenvalue weighted by Crippen LogP contribution is -2.72. The molecule has 3 aliphatic rings. The van der Waals surface area contributed by atoms with Crippen LogP contribution < -0.4 is 5.73 Å². The van der Waals surface area contributed by atoms with Gasteiger partial charge in [0.1, 0.15) is 17.8 Å². The van der Waals surface area contributed by atoms with Gasteiger partial charge >= 0.3 is 0 Å². The molecular formula is C16H21N5OS. The average Bonchev–Trinajstić information content (AvgIpc) is 2.80. The van der Waals surface area contributed by atoms with Crippen LogP contribution in [0.5, 0.6) is 0 Å². The van der Waals surface area contributed by atoms with Crippen molar-refractivity contribution in [2.24, 2.45) is 5.92 Å².